The summed E-state index contributed by atoms with van der Waals surface area (Å²) in [6.07, 6.45) is 1.38. The minimum Gasteiger partial charge on any atom is -0.452 e. The van der Waals surface area contributed by atoms with Crippen molar-refractivity contribution in [2.75, 3.05) is 6.61 Å². The number of benzene rings is 1. The summed E-state index contributed by atoms with van der Waals surface area (Å²) in [5.41, 5.74) is 6.81. The molecule has 92 valence electrons. The maximum absolute atomic E-state index is 11.5. The monoisotopic (exact) mass is 249 g/mol. The number of nitrogens with one attached hydrogen (secondary N) is 1. The van der Waals surface area contributed by atoms with E-state index in [1.54, 1.807) is 0 Å². The second kappa shape index (κ2) is 6.07. The molecule has 0 bridgehead atoms. The lowest BCUT2D eigenvalue weighted by molar-refractivity contribution is -0.729. The average Bonchev–Trinajstić information content (AvgIpc) is 2.37. The molecule has 0 aliphatic rings. The van der Waals surface area contributed by atoms with Gasteiger partial charge < -0.3 is 4.74 Å². The molecule has 0 aliphatic heterocycles. The van der Waals surface area contributed by atoms with Crippen LogP contribution in [0.15, 0.2) is 36.9 Å². The van der Waals surface area contributed by atoms with Crippen LogP contribution in [-0.2, 0) is 9.53 Å². The first kappa shape index (κ1) is 13.3. The van der Waals surface area contributed by atoms with Gasteiger partial charge in [-0.25, -0.2) is 10.0 Å². The molecule has 1 aromatic carbocycles. The first-order valence-electron chi connectivity index (χ1n) is 4.89. The number of ether oxygens (including phenoxy) is 1. The smallest absolute Gasteiger partial charge is 0.452 e. The average molecular weight is 249 g/mol. The van der Waals surface area contributed by atoms with Crippen molar-refractivity contribution in [2.45, 2.75) is 0 Å². The maximum Gasteiger partial charge on any atom is 0.455 e. The fourth-order valence-corrected chi connectivity index (χ4v) is 1.20. The Morgan fingerprint density at radius 2 is 2.33 bits per heavy atom. The summed E-state index contributed by atoms with van der Waals surface area (Å²) >= 11 is 0. The van der Waals surface area contributed by atoms with Crippen molar-refractivity contribution in [1.29, 1.82) is 5.53 Å². The van der Waals surface area contributed by atoms with Crippen LogP contribution in [0.5, 0.6) is 0 Å². The lowest BCUT2D eigenvalue weighted by atomic mass is 10.1. The summed E-state index contributed by atoms with van der Waals surface area (Å²) in [5.74, 6) is -0.808. The van der Waals surface area contributed by atoms with Crippen LogP contribution < -0.4 is 0 Å². The zero-order valence-electron chi connectivity index (χ0n) is 9.37. The molecule has 7 nitrogen and oxygen atoms in total. The molecular formula is C11H11N3O4+2. The molecule has 0 atom stereocenters. The minimum absolute atomic E-state index is 0.00871. The van der Waals surface area contributed by atoms with E-state index in [1.807, 2.05) is 0 Å². The van der Waals surface area contributed by atoms with Gasteiger partial charge in [-0.15, -0.1) is 0 Å². The number of esters is 1. The summed E-state index contributed by atoms with van der Waals surface area (Å²) in [7, 11) is 0. The first-order chi connectivity index (χ1) is 8.60. The van der Waals surface area contributed by atoms with Gasteiger partial charge in [0.25, 0.3) is 4.92 Å². The van der Waals surface area contributed by atoms with Crippen LogP contribution in [0.25, 0.3) is 0 Å². The summed E-state index contributed by atoms with van der Waals surface area (Å²) in [4.78, 5) is 25.0. The van der Waals surface area contributed by atoms with E-state index < -0.39 is 5.97 Å². The molecule has 0 heterocycles. The number of carbonyl (C=O) groups is 1. The molecule has 0 saturated heterocycles. The van der Waals surface area contributed by atoms with Crippen molar-refractivity contribution >= 4 is 17.4 Å². The predicted molar refractivity (Wildman–Crippen MR) is 59.8 cm³/mol. The topological polar surface area (TPSA) is 105 Å². The predicted octanol–water partition coefficient (Wildman–Crippen LogP) is 1.24. The maximum atomic E-state index is 11.5. The Labute approximate surface area is 102 Å². The molecule has 1 rings (SSSR count). The van der Waals surface area contributed by atoms with Crippen LogP contribution in [0.3, 0.4) is 0 Å². The molecule has 0 aromatic heterocycles. The van der Waals surface area contributed by atoms with Gasteiger partial charge in [-0.05, 0) is 6.07 Å². The molecule has 0 fully saturated rings. The van der Waals surface area contributed by atoms with Gasteiger partial charge in [0.05, 0.1) is 20.8 Å². The molecule has 0 saturated carbocycles. The summed E-state index contributed by atoms with van der Waals surface area (Å²) in [6, 6.07) is 5.47. The van der Waals surface area contributed by atoms with Gasteiger partial charge in [-0.2, -0.15) is 0 Å². The Balaban J connectivity index is 3.07. The van der Waals surface area contributed by atoms with Crippen molar-refractivity contribution in [3.05, 3.63) is 47.4 Å². The van der Waals surface area contributed by atoms with Gasteiger partial charge in [0.2, 0.25) is 0 Å². The highest BCUT2D eigenvalue weighted by Gasteiger charge is 2.29. The van der Waals surface area contributed by atoms with Crippen LogP contribution in [0.1, 0.15) is 5.56 Å². The van der Waals surface area contributed by atoms with E-state index in [-0.39, 0.29) is 28.5 Å². The fourth-order valence-electron chi connectivity index (χ4n) is 1.20. The van der Waals surface area contributed by atoms with Crippen molar-refractivity contribution in [2.24, 2.45) is 0 Å². The number of hydrogen-bond acceptors (Lipinski definition) is 4. The first-order valence-corrected chi connectivity index (χ1v) is 4.89. The third-order valence-corrected chi connectivity index (χ3v) is 1.98. The largest absolute Gasteiger partial charge is 0.455 e. The molecule has 7 heteroatoms. The van der Waals surface area contributed by atoms with E-state index in [0.29, 0.717) is 0 Å². The lowest BCUT2D eigenvalue weighted by Crippen LogP contribution is -2.20. The fraction of sp³-hybridized carbons (Fsp3) is 0.0909. The number of hydrogen-bond donors (Lipinski definition) is 2. The van der Waals surface area contributed by atoms with E-state index in [1.165, 1.54) is 30.3 Å². The molecule has 1 aromatic rings. The Kier molecular flexibility index (Phi) is 4.48. The molecule has 0 aliphatic carbocycles. The second-order valence-corrected chi connectivity index (χ2v) is 3.17. The third-order valence-electron chi connectivity index (χ3n) is 1.98. The highest BCUT2D eigenvalue weighted by atomic mass is 16.6. The number of nitrogens with zero attached hydrogens (tertiary/aromatic N) is 2. The van der Waals surface area contributed by atoms with Gasteiger partial charge in [0, 0.05) is 12.1 Å². The Bertz CT molecular complexity index is 547. The normalized spacial score (nSPS) is 9.11. The Morgan fingerprint density at radius 1 is 1.61 bits per heavy atom. The molecule has 0 radical (unpaired) electrons. The van der Waals surface area contributed by atoms with Crippen molar-refractivity contribution in [3.8, 4) is 0 Å². The van der Waals surface area contributed by atoms with Crippen molar-refractivity contribution in [1.82, 2.24) is 0 Å². The van der Waals surface area contributed by atoms with E-state index in [0.717, 1.165) is 0 Å². The van der Waals surface area contributed by atoms with E-state index >= 15 is 0 Å². The highest BCUT2D eigenvalue weighted by Crippen LogP contribution is 2.13. The SMILES string of the molecule is C=CCOC(=O)C(=[N+]=N)c1cccc([N+](=O)O)c1. The van der Waals surface area contributed by atoms with Crippen LogP contribution in [0.4, 0.5) is 5.69 Å². The lowest BCUT2D eigenvalue weighted by Gasteiger charge is -1.96. The van der Waals surface area contributed by atoms with Crippen molar-refractivity contribution < 1.29 is 24.5 Å². The van der Waals surface area contributed by atoms with Gasteiger partial charge in [-0.3, -0.25) is 0 Å². The van der Waals surface area contributed by atoms with Crippen LogP contribution >= 0.6 is 0 Å². The zero-order valence-corrected chi connectivity index (χ0v) is 9.37. The van der Waals surface area contributed by atoms with E-state index in [2.05, 4.69) is 11.4 Å². The van der Waals surface area contributed by atoms with E-state index in [9.17, 15) is 9.70 Å². The zero-order chi connectivity index (χ0) is 13.5. The van der Waals surface area contributed by atoms with Crippen LogP contribution in [-0.4, -0.2) is 33.2 Å². The summed E-state index contributed by atoms with van der Waals surface area (Å²) in [6.45, 7) is 3.37. The Morgan fingerprint density at radius 3 is 2.89 bits per heavy atom. The third kappa shape index (κ3) is 3.10. The van der Waals surface area contributed by atoms with Gasteiger partial charge in [0.15, 0.2) is 0 Å². The molecule has 2 N–H and O–H groups in total. The van der Waals surface area contributed by atoms with Gasteiger partial charge in [0.1, 0.15) is 6.61 Å². The number of rotatable bonds is 5. The Hall–Kier alpha value is -2.79. The second-order valence-electron chi connectivity index (χ2n) is 3.17. The van der Waals surface area contributed by atoms with E-state index in [4.69, 9.17) is 15.5 Å². The molecule has 0 amide bonds. The minimum atomic E-state index is -0.808. The van der Waals surface area contributed by atoms with Gasteiger partial charge in [-0.1, -0.05) is 18.7 Å². The number of carbonyl (C=O) groups excluding carboxylic acids is 1. The quantitative estimate of drug-likeness (QED) is 0.204. The molecule has 18 heavy (non-hydrogen) atoms. The van der Waals surface area contributed by atoms with Crippen molar-refractivity contribution in [3.63, 3.8) is 0 Å². The summed E-state index contributed by atoms with van der Waals surface area (Å²) < 4.78 is 4.74. The van der Waals surface area contributed by atoms with Crippen LogP contribution in [0.2, 0.25) is 0 Å². The molecular weight excluding hydrogens is 238 g/mol. The highest BCUT2D eigenvalue weighted by molar-refractivity contribution is 6.40. The standard InChI is InChI=1S/C11H11N3O4/c1-2-6-18-11(15)10(13-12)8-4-3-5-9(7-8)14(16)17/h2-5,7,12H,1,6H2,(H,16,17)/q+2. The molecule has 0 unspecified atom stereocenters. The van der Waals surface area contributed by atoms with Gasteiger partial charge >= 0.3 is 17.4 Å². The summed E-state index contributed by atoms with van der Waals surface area (Å²) in [5, 5.41) is 8.74. The van der Waals surface area contributed by atoms with Crippen LogP contribution in [0, 0.1) is 10.4 Å². The molecule has 0 spiro atoms.